The van der Waals surface area contributed by atoms with E-state index in [0.717, 1.165) is 22.3 Å². The normalized spacial score (nSPS) is 20.5. The zero-order valence-electron chi connectivity index (χ0n) is 21.1. The van der Waals surface area contributed by atoms with E-state index in [4.69, 9.17) is 28.9 Å². The van der Waals surface area contributed by atoms with Crippen molar-refractivity contribution in [2.45, 2.75) is 64.8 Å². The highest BCUT2D eigenvalue weighted by atomic mass is 16.5. The summed E-state index contributed by atoms with van der Waals surface area (Å²) in [5.41, 5.74) is 3.19. The van der Waals surface area contributed by atoms with Crippen molar-refractivity contribution in [2.75, 3.05) is 26.4 Å². The SMILES string of the molecule is CCOC(C)(C)[C@@H]1COC(c2ccccc2-c2ccccc2C2=N[C@H](C(C)(C)OCC)CO2)=N1. The Labute approximate surface area is 203 Å². The molecular weight excluding hydrogens is 428 g/mol. The van der Waals surface area contributed by atoms with Crippen molar-refractivity contribution in [3.8, 4) is 11.1 Å². The molecule has 0 fully saturated rings. The van der Waals surface area contributed by atoms with Gasteiger partial charge in [-0.05, 0) is 64.8 Å². The first-order valence-electron chi connectivity index (χ1n) is 12.1. The zero-order valence-corrected chi connectivity index (χ0v) is 21.1. The van der Waals surface area contributed by atoms with E-state index >= 15 is 0 Å². The Bertz CT molecular complexity index is 988. The lowest BCUT2D eigenvalue weighted by Crippen LogP contribution is -2.38. The largest absolute Gasteiger partial charge is 0.475 e. The van der Waals surface area contributed by atoms with Gasteiger partial charge in [-0.1, -0.05) is 36.4 Å². The van der Waals surface area contributed by atoms with E-state index in [1.807, 2.05) is 38.1 Å². The molecule has 34 heavy (non-hydrogen) atoms. The van der Waals surface area contributed by atoms with Crippen LogP contribution in [-0.2, 0) is 18.9 Å². The fourth-order valence-electron chi connectivity index (χ4n) is 4.50. The summed E-state index contributed by atoms with van der Waals surface area (Å²) in [5.74, 6) is 1.29. The van der Waals surface area contributed by atoms with Crippen molar-refractivity contribution in [1.29, 1.82) is 0 Å². The summed E-state index contributed by atoms with van der Waals surface area (Å²) in [6.45, 7) is 14.5. The molecule has 2 heterocycles. The van der Waals surface area contributed by atoms with Gasteiger partial charge in [0.05, 0.1) is 11.2 Å². The van der Waals surface area contributed by atoms with E-state index in [2.05, 4.69) is 52.0 Å². The molecule has 0 bridgehead atoms. The molecule has 2 aromatic carbocycles. The first-order chi connectivity index (χ1) is 16.3. The van der Waals surface area contributed by atoms with Crippen LogP contribution in [0.15, 0.2) is 58.5 Å². The molecule has 0 radical (unpaired) electrons. The van der Waals surface area contributed by atoms with Gasteiger partial charge in [-0.2, -0.15) is 0 Å². The Morgan fingerprint density at radius 3 is 1.38 bits per heavy atom. The van der Waals surface area contributed by atoms with Crippen LogP contribution in [0.4, 0.5) is 0 Å². The van der Waals surface area contributed by atoms with E-state index in [-0.39, 0.29) is 12.1 Å². The smallest absolute Gasteiger partial charge is 0.217 e. The maximum absolute atomic E-state index is 6.09. The van der Waals surface area contributed by atoms with Gasteiger partial charge in [-0.25, -0.2) is 9.98 Å². The van der Waals surface area contributed by atoms with Gasteiger partial charge in [0, 0.05) is 24.3 Å². The molecule has 182 valence electrons. The Morgan fingerprint density at radius 2 is 1.03 bits per heavy atom. The monoisotopic (exact) mass is 464 g/mol. The molecular formula is C28H36N2O4. The summed E-state index contributed by atoms with van der Waals surface area (Å²) in [6, 6.07) is 16.3. The number of rotatable bonds is 9. The van der Waals surface area contributed by atoms with E-state index < -0.39 is 11.2 Å². The van der Waals surface area contributed by atoms with E-state index in [1.165, 1.54) is 0 Å². The molecule has 2 aliphatic rings. The molecule has 0 saturated heterocycles. The van der Waals surface area contributed by atoms with Crippen LogP contribution < -0.4 is 0 Å². The van der Waals surface area contributed by atoms with E-state index in [9.17, 15) is 0 Å². The third kappa shape index (κ3) is 4.89. The molecule has 0 saturated carbocycles. The molecule has 2 aromatic rings. The maximum atomic E-state index is 6.09. The third-order valence-electron chi connectivity index (χ3n) is 6.54. The Hall–Kier alpha value is -2.70. The molecule has 0 aromatic heterocycles. The maximum Gasteiger partial charge on any atom is 0.217 e. The van der Waals surface area contributed by atoms with Gasteiger partial charge in [0.15, 0.2) is 0 Å². The molecule has 0 aliphatic carbocycles. The minimum atomic E-state index is -0.391. The van der Waals surface area contributed by atoms with Crippen molar-refractivity contribution in [2.24, 2.45) is 9.98 Å². The van der Waals surface area contributed by atoms with Crippen molar-refractivity contribution < 1.29 is 18.9 Å². The molecule has 2 aliphatic heterocycles. The molecule has 0 unspecified atom stereocenters. The highest BCUT2D eigenvalue weighted by molar-refractivity contribution is 6.07. The molecule has 6 nitrogen and oxygen atoms in total. The van der Waals surface area contributed by atoms with E-state index in [0.29, 0.717) is 38.2 Å². The number of nitrogens with zero attached hydrogens (tertiary/aromatic N) is 2. The minimum absolute atomic E-state index is 0.0603. The molecule has 0 amide bonds. The molecule has 6 heteroatoms. The van der Waals surface area contributed by atoms with Gasteiger partial charge in [0.1, 0.15) is 25.3 Å². The number of benzene rings is 2. The lowest BCUT2D eigenvalue weighted by Gasteiger charge is -2.27. The molecule has 0 N–H and O–H groups in total. The van der Waals surface area contributed by atoms with Crippen molar-refractivity contribution in [1.82, 2.24) is 0 Å². The van der Waals surface area contributed by atoms with Gasteiger partial charge in [-0.3, -0.25) is 0 Å². The predicted molar refractivity (Wildman–Crippen MR) is 136 cm³/mol. The summed E-state index contributed by atoms with van der Waals surface area (Å²) in [4.78, 5) is 9.84. The summed E-state index contributed by atoms with van der Waals surface area (Å²) >= 11 is 0. The minimum Gasteiger partial charge on any atom is -0.475 e. The van der Waals surface area contributed by atoms with Crippen molar-refractivity contribution in [3.63, 3.8) is 0 Å². The van der Waals surface area contributed by atoms with Crippen LogP contribution >= 0.6 is 0 Å². The lowest BCUT2D eigenvalue weighted by atomic mass is 9.95. The molecule has 4 rings (SSSR count). The van der Waals surface area contributed by atoms with Crippen LogP contribution in [-0.4, -0.2) is 61.5 Å². The highest BCUT2D eigenvalue weighted by Crippen LogP contribution is 2.33. The number of ether oxygens (including phenoxy) is 4. The second-order valence-electron chi connectivity index (χ2n) is 9.69. The fourth-order valence-corrected chi connectivity index (χ4v) is 4.50. The topological polar surface area (TPSA) is 61.6 Å². The summed E-state index contributed by atoms with van der Waals surface area (Å²) in [7, 11) is 0. The highest BCUT2D eigenvalue weighted by Gasteiger charge is 2.37. The predicted octanol–water partition coefficient (Wildman–Crippen LogP) is 5.27. The second-order valence-corrected chi connectivity index (χ2v) is 9.69. The van der Waals surface area contributed by atoms with Gasteiger partial charge in [0.25, 0.3) is 0 Å². The fraction of sp³-hybridized carbons (Fsp3) is 0.500. The third-order valence-corrected chi connectivity index (χ3v) is 6.54. The number of aliphatic imine (C=N–C) groups is 2. The Balaban J connectivity index is 1.70. The van der Waals surface area contributed by atoms with Crippen LogP contribution in [0, 0.1) is 0 Å². The summed E-state index contributed by atoms with van der Waals surface area (Å²) in [6.07, 6.45) is 0. The lowest BCUT2D eigenvalue weighted by molar-refractivity contribution is -0.0329. The first-order valence-corrected chi connectivity index (χ1v) is 12.1. The van der Waals surface area contributed by atoms with Gasteiger partial charge in [-0.15, -0.1) is 0 Å². The average Bonchev–Trinajstić information content (AvgIpc) is 3.50. The average molecular weight is 465 g/mol. The molecule has 2 atom stereocenters. The quantitative estimate of drug-likeness (QED) is 0.507. The van der Waals surface area contributed by atoms with Crippen LogP contribution in [0.2, 0.25) is 0 Å². The van der Waals surface area contributed by atoms with Crippen LogP contribution in [0.5, 0.6) is 0 Å². The van der Waals surface area contributed by atoms with Gasteiger partial charge >= 0.3 is 0 Å². The Kier molecular flexibility index (Phi) is 7.10. The summed E-state index contributed by atoms with van der Waals surface area (Å²) in [5, 5.41) is 0. The Morgan fingerprint density at radius 1 is 0.676 bits per heavy atom. The van der Waals surface area contributed by atoms with Crippen LogP contribution in [0.1, 0.15) is 52.7 Å². The van der Waals surface area contributed by atoms with Crippen LogP contribution in [0.3, 0.4) is 0 Å². The summed E-state index contributed by atoms with van der Waals surface area (Å²) < 4.78 is 24.0. The van der Waals surface area contributed by atoms with Gasteiger partial charge in [0.2, 0.25) is 11.8 Å². The number of hydrogen-bond donors (Lipinski definition) is 0. The van der Waals surface area contributed by atoms with Gasteiger partial charge < -0.3 is 18.9 Å². The van der Waals surface area contributed by atoms with Crippen LogP contribution in [0.25, 0.3) is 11.1 Å². The molecule has 0 spiro atoms. The standard InChI is InChI=1S/C28H36N2O4/c1-7-33-27(3,4)23-17-31-25(29-23)21-15-11-9-13-19(21)20-14-10-12-16-22(20)26-30-24(18-32-26)28(5,6)34-8-2/h9-16,23-24H,7-8,17-18H2,1-6H3/t23-,24-/m0/s1. The number of hydrogen-bond acceptors (Lipinski definition) is 6. The van der Waals surface area contributed by atoms with Crippen molar-refractivity contribution >= 4 is 11.8 Å². The van der Waals surface area contributed by atoms with Crippen molar-refractivity contribution in [3.05, 3.63) is 59.7 Å². The van der Waals surface area contributed by atoms with E-state index in [1.54, 1.807) is 0 Å². The first kappa shape index (κ1) is 24.4. The zero-order chi connectivity index (χ0) is 24.3. The second kappa shape index (κ2) is 9.88.